The first-order valence-electron chi connectivity index (χ1n) is 8.95. The van der Waals surface area contributed by atoms with E-state index >= 15 is 0 Å². The summed E-state index contributed by atoms with van der Waals surface area (Å²) in [5.41, 5.74) is -1.38. The van der Waals surface area contributed by atoms with Gasteiger partial charge in [-0.2, -0.15) is 0 Å². The number of rotatable bonds is 7. The van der Waals surface area contributed by atoms with E-state index in [2.05, 4.69) is 10.6 Å². The van der Waals surface area contributed by atoms with E-state index in [-0.39, 0.29) is 29.9 Å². The number of nitrogens with one attached hydrogen (secondary N) is 2. The van der Waals surface area contributed by atoms with E-state index in [9.17, 15) is 42.5 Å². The summed E-state index contributed by atoms with van der Waals surface area (Å²) in [6.45, 7) is -1.09. The quantitative estimate of drug-likeness (QED) is 0.213. The van der Waals surface area contributed by atoms with Gasteiger partial charge in [-0.25, -0.2) is 13.2 Å². The van der Waals surface area contributed by atoms with E-state index in [0.29, 0.717) is 11.0 Å². The second-order valence-corrected chi connectivity index (χ2v) is 6.51. The lowest BCUT2D eigenvalue weighted by atomic mass is 10.1. The monoisotopic (exact) mass is 450 g/mol. The van der Waals surface area contributed by atoms with Gasteiger partial charge in [0.1, 0.15) is 6.54 Å². The molecule has 32 heavy (non-hydrogen) atoms. The van der Waals surface area contributed by atoms with Gasteiger partial charge in [0, 0.05) is 25.2 Å². The molecule has 1 heterocycles. The van der Waals surface area contributed by atoms with Crippen molar-refractivity contribution in [3.63, 3.8) is 0 Å². The summed E-state index contributed by atoms with van der Waals surface area (Å²) in [6, 6.07) is 4.48. The number of amides is 4. The van der Waals surface area contributed by atoms with Crippen LogP contribution in [0.15, 0.2) is 30.3 Å². The highest BCUT2D eigenvalue weighted by Gasteiger charge is 2.37. The highest BCUT2D eigenvalue weighted by Crippen LogP contribution is 2.26. The van der Waals surface area contributed by atoms with Crippen LogP contribution in [0.5, 0.6) is 0 Å². The number of hydrogen-bond acceptors (Lipinski definition) is 6. The van der Waals surface area contributed by atoms with E-state index in [1.165, 1.54) is 0 Å². The van der Waals surface area contributed by atoms with Crippen LogP contribution >= 0.6 is 0 Å². The molecule has 3 rings (SSSR count). The molecule has 0 spiro atoms. The highest BCUT2D eigenvalue weighted by atomic mass is 19.2. The maximum atomic E-state index is 13.6. The largest absolute Gasteiger partial charge is 0.353 e. The zero-order valence-corrected chi connectivity index (χ0v) is 16.0. The Hall–Kier alpha value is -4.29. The van der Waals surface area contributed by atoms with E-state index < -0.39 is 58.1 Å². The predicted molar refractivity (Wildman–Crippen MR) is 100 cm³/mol. The van der Waals surface area contributed by atoms with Crippen molar-refractivity contribution in [1.82, 2.24) is 15.5 Å². The molecule has 4 amide bonds. The molecule has 10 nitrogen and oxygen atoms in total. The topological polar surface area (TPSA) is 139 Å². The third kappa shape index (κ3) is 4.26. The lowest BCUT2D eigenvalue weighted by Gasteiger charge is -2.14. The number of fused-ring (bicyclic) bond motifs is 1. The Labute approximate surface area is 177 Å². The van der Waals surface area contributed by atoms with Crippen LogP contribution in [0.1, 0.15) is 31.1 Å². The Morgan fingerprint density at radius 2 is 1.59 bits per heavy atom. The lowest BCUT2D eigenvalue weighted by Crippen LogP contribution is -2.42. The molecule has 0 aromatic heterocycles. The second-order valence-electron chi connectivity index (χ2n) is 6.51. The smallest absolute Gasteiger partial charge is 0.270 e. The lowest BCUT2D eigenvalue weighted by molar-refractivity contribution is -0.384. The predicted octanol–water partition coefficient (Wildman–Crippen LogP) is 1.15. The molecule has 13 heteroatoms. The average Bonchev–Trinajstić information content (AvgIpc) is 2.99. The second kappa shape index (κ2) is 8.83. The molecule has 0 saturated carbocycles. The fourth-order valence-corrected chi connectivity index (χ4v) is 2.91. The van der Waals surface area contributed by atoms with E-state index in [0.717, 1.165) is 24.3 Å². The summed E-state index contributed by atoms with van der Waals surface area (Å²) in [7, 11) is 0. The van der Waals surface area contributed by atoms with Crippen molar-refractivity contribution >= 4 is 29.3 Å². The number of nitro groups is 1. The zero-order valence-electron chi connectivity index (χ0n) is 16.0. The van der Waals surface area contributed by atoms with Gasteiger partial charge in [0.25, 0.3) is 23.4 Å². The van der Waals surface area contributed by atoms with Crippen molar-refractivity contribution in [2.45, 2.75) is 0 Å². The van der Waals surface area contributed by atoms with Gasteiger partial charge in [-0.3, -0.25) is 34.2 Å². The standard InChI is InChI=1S/C19H13F3N4O6/c20-13-4-3-11(15(21)16(13)22)17(28)24-6-5-23-14(27)8-25-18(29)10-2-1-9(26(31)32)7-12(10)19(25)30/h1-4,7H,5-6,8H2,(H,23,27)(H,24,28). The van der Waals surface area contributed by atoms with Crippen LogP contribution in [0.4, 0.5) is 18.9 Å². The Kier molecular flexibility index (Phi) is 6.18. The maximum Gasteiger partial charge on any atom is 0.270 e. The van der Waals surface area contributed by atoms with Gasteiger partial charge in [0.2, 0.25) is 5.91 Å². The summed E-state index contributed by atoms with van der Waals surface area (Å²) in [5.74, 6) is -8.38. The van der Waals surface area contributed by atoms with Crippen molar-refractivity contribution in [2.75, 3.05) is 19.6 Å². The Balaban J connectivity index is 1.52. The molecular formula is C19H13F3N4O6. The molecular weight excluding hydrogens is 437 g/mol. The van der Waals surface area contributed by atoms with Crippen molar-refractivity contribution < 1.29 is 37.3 Å². The fraction of sp³-hybridized carbons (Fsp3) is 0.158. The molecule has 0 bridgehead atoms. The molecule has 1 aliphatic rings. The zero-order chi connectivity index (χ0) is 23.6. The fourth-order valence-electron chi connectivity index (χ4n) is 2.91. The minimum Gasteiger partial charge on any atom is -0.353 e. The number of halogens is 3. The molecule has 0 radical (unpaired) electrons. The number of carbonyl (C=O) groups excluding carboxylic acids is 4. The highest BCUT2D eigenvalue weighted by molar-refractivity contribution is 6.22. The molecule has 0 aliphatic carbocycles. The number of imide groups is 1. The Morgan fingerprint density at radius 3 is 2.28 bits per heavy atom. The van der Waals surface area contributed by atoms with Crippen LogP contribution in [0, 0.1) is 27.6 Å². The number of hydrogen-bond donors (Lipinski definition) is 2. The number of benzene rings is 2. The Bertz CT molecular complexity index is 1170. The van der Waals surface area contributed by atoms with Gasteiger partial charge in [0.15, 0.2) is 17.5 Å². The first-order valence-corrected chi connectivity index (χ1v) is 8.95. The normalized spacial score (nSPS) is 12.5. The minimum absolute atomic E-state index is 0.0748. The van der Waals surface area contributed by atoms with Crippen LogP contribution in [0.3, 0.4) is 0 Å². The van der Waals surface area contributed by atoms with Crippen LogP contribution in [-0.2, 0) is 4.79 Å². The summed E-state index contributed by atoms with van der Waals surface area (Å²) in [4.78, 5) is 59.2. The van der Waals surface area contributed by atoms with Gasteiger partial charge < -0.3 is 10.6 Å². The molecule has 2 aromatic rings. The first kappa shape index (κ1) is 22.4. The number of non-ortho nitro benzene ring substituents is 1. The van der Waals surface area contributed by atoms with Crippen molar-refractivity contribution in [3.05, 3.63) is 74.6 Å². The van der Waals surface area contributed by atoms with Crippen LogP contribution in [0.25, 0.3) is 0 Å². The van der Waals surface area contributed by atoms with E-state index in [1.54, 1.807) is 0 Å². The SMILES string of the molecule is O=C(CN1C(=O)c2ccc([N+](=O)[O-])cc2C1=O)NCCNC(=O)c1ccc(F)c(F)c1F. The number of nitro benzene ring substituents is 1. The van der Waals surface area contributed by atoms with Crippen molar-refractivity contribution in [3.8, 4) is 0 Å². The Morgan fingerprint density at radius 1 is 0.938 bits per heavy atom. The third-order valence-electron chi connectivity index (χ3n) is 4.48. The molecule has 2 N–H and O–H groups in total. The first-order chi connectivity index (χ1) is 15.1. The van der Waals surface area contributed by atoms with Crippen molar-refractivity contribution in [1.29, 1.82) is 0 Å². The van der Waals surface area contributed by atoms with Crippen LogP contribution < -0.4 is 10.6 Å². The summed E-state index contributed by atoms with van der Waals surface area (Å²) >= 11 is 0. The summed E-state index contributed by atoms with van der Waals surface area (Å²) in [5, 5.41) is 15.3. The molecule has 0 atom stereocenters. The van der Waals surface area contributed by atoms with Gasteiger partial charge in [-0.05, 0) is 18.2 Å². The number of nitrogens with zero attached hydrogens (tertiary/aromatic N) is 2. The van der Waals surface area contributed by atoms with Gasteiger partial charge in [0.05, 0.1) is 21.6 Å². The maximum absolute atomic E-state index is 13.6. The molecule has 0 saturated heterocycles. The van der Waals surface area contributed by atoms with Crippen molar-refractivity contribution in [2.24, 2.45) is 0 Å². The molecule has 2 aromatic carbocycles. The third-order valence-corrected chi connectivity index (χ3v) is 4.48. The molecule has 1 aliphatic heterocycles. The summed E-state index contributed by atoms with van der Waals surface area (Å²) in [6.07, 6.45) is 0. The minimum atomic E-state index is -1.79. The van der Waals surface area contributed by atoms with E-state index in [1.807, 2.05) is 0 Å². The van der Waals surface area contributed by atoms with Crippen LogP contribution in [0.2, 0.25) is 0 Å². The molecule has 0 unspecified atom stereocenters. The van der Waals surface area contributed by atoms with E-state index in [4.69, 9.17) is 0 Å². The number of carbonyl (C=O) groups is 4. The van der Waals surface area contributed by atoms with Gasteiger partial charge in [-0.15, -0.1) is 0 Å². The van der Waals surface area contributed by atoms with Gasteiger partial charge in [-0.1, -0.05) is 0 Å². The van der Waals surface area contributed by atoms with Crippen LogP contribution in [-0.4, -0.2) is 53.1 Å². The average molecular weight is 450 g/mol. The van der Waals surface area contributed by atoms with Gasteiger partial charge >= 0.3 is 0 Å². The molecule has 0 fully saturated rings. The molecule has 166 valence electrons. The summed E-state index contributed by atoms with van der Waals surface area (Å²) < 4.78 is 39.7.